The van der Waals surface area contributed by atoms with Crippen LogP contribution < -0.4 is 10.6 Å². The van der Waals surface area contributed by atoms with Gasteiger partial charge in [-0.15, -0.1) is 0 Å². The molecule has 1 heterocycles. The van der Waals surface area contributed by atoms with E-state index in [4.69, 9.17) is 0 Å². The van der Waals surface area contributed by atoms with Crippen LogP contribution >= 0.6 is 0 Å². The van der Waals surface area contributed by atoms with Gasteiger partial charge in [-0.1, -0.05) is 42.5 Å². The number of nitrogens with zero attached hydrogens (tertiary/aromatic N) is 1. The van der Waals surface area contributed by atoms with Gasteiger partial charge in [-0.2, -0.15) is 0 Å². The minimum absolute atomic E-state index is 0.0319. The van der Waals surface area contributed by atoms with Gasteiger partial charge in [0.1, 0.15) is 0 Å². The number of benzene rings is 2. The van der Waals surface area contributed by atoms with Crippen molar-refractivity contribution in [3.05, 3.63) is 60.2 Å². The maximum atomic E-state index is 12.1. The number of rotatable bonds is 8. The number of imide groups is 1. The zero-order valence-electron chi connectivity index (χ0n) is 15.3. The largest absolute Gasteiger partial charge is 0.354 e. The topological polar surface area (TPSA) is 95.6 Å². The molecule has 0 saturated heterocycles. The zero-order valence-corrected chi connectivity index (χ0v) is 15.3. The standard InChI is InChI=1S/C21H21N3O4/c25-18(9-12-24-20(27)7-8-21(24)28)22-10-11-23-19(26)14-15-5-6-16-3-1-2-4-17(16)13-15/h1-8,13H,9-12,14H2,(H,22,25)(H,23,26). The van der Waals surface area contributed by atoms with Crippen LogP contribution in [0.5, 0.6) is 0 Å². The smallest absolute Gasteiger partial charge is 0.253 e. The second-order valence-corrected chi connectivity index (χ2v) is 6.47. The fourth-order valence-corrected chi connectivity index (χ4v) is 2.95. The van der Waals surface area contributed by atoms with E-state index in [-0.39, 0.29) is 37.7 Å². The number of fused-ring (bicyclic) bond motifs is 1. The lowest BCUT2D eigenvalue weighted by Crippen LogP contribution is -2.38. The molecule has 0 fully saturated rings. The number of carbonyl (C=O) groups is 4. The lowest BCUT2D eigenvalue weighted by molar-refractivity contribution is -0.137. The Morgan fingerprint density at radius 1 is 0.821 bits per heavy atom. The van der Waals surface area contributed by atoms with Crippen LogP contribution in [-0.4, -0.2) is 48.2 Å². The van der Waals surface area contributed by atoms with E-state index in [1.165, 1.54) is 12.2 Å². The summed E-state index contributed by atoms with van der Waals surface area (Å²) in [6, 6.07) is 13.9. The molecule has 7 heteroatoms. The fourth-order valence-electron chi connectivity index (χ4n) is 2.95. The highest BCUT2D eigenvalue weighted by Crippen LogP contribution is 2.15. The van der Waals surface area contributed by atoms with Crippen LogP contribution in [0.3, 0.4) is 0 Å². The molecule has 0 spiro atoms. The molecule has 1 aliphatic rings. The number of amides is 4. The summed E-state index contributed by atoms with van der Waals surface area (Å²) in [7, 11) is 0. The van der Waals surface area contributed by atoms with E-state index in [2.05, 4.69) is 10.6 Å². The fraction of sp³-hybridized carbons (Fsp3) is 0.238. The van der Waals surface area contributed by atoms with Crippen LogP contribution in [-0.2, 0) is 25.6 Å². The molecule has 2 aromatic rings. The number of nitrogens with one attached hydrogen (secondary N) is 2. The first-order chi connectivity index (χ1) is 13.5. The first-order valence-corrected chi connectivity index (χ1v) is 9.07. The third-order valence-corrected chi connectivity index (χ3v) is 4.41. The van der Waals surface area contributed by atoms with Gasteiger partial charge >= 0.3 is 0 Å². The first kappa shape index (κ1) is 19.3. The molecule has 2 N–H and O–H groups in total. The van der Waals surface area contributed by atoms with Gasteiger partial charge in [-0.05, 0) is 16.3 Å². The normalized spacial score (nSPS) is 13.2. The molecule has 0 unspecified atom stereocenters. The molecule has 0 saturated carbocycles. The lowest BCUT2D eigenvalue weighted by atomic mass is 10.1. The molecule has 0 radical (unpaired) electrons. The summed E-state index contributed by atoms with van der Waals surface area (Å²) in [5.41, 5.74) is 0.925. The van der Waals surface area contributed by atoms with Crippen LogP contribution in [0.4, 0.5) is 0 Å². The molecular formula is C21H21N3O4. The minimum Gasteiger partial charge on any atom is -0.354 e. The number of hydrogen-bond acceptors (Lipinski definition) is 4. The molecule has 28 heavy (non-hydrogen) atoms. The Hall–Kier alpha value is -3.48. The number of carbonyl (C=O) groups excluding carboxylic acids is 4. The maximum absolute atomic E-state index is 12.1. The minimum atomic E-state index is -0.404. The van der Waals surface area contributed by atoms with E-state index in [9.17, 15) is 19.2 Å². The van der Waals surface area contributed by atoms with Crippen molar-refractivity contribution in [3.8, 4) is 0 Å². The summed E-state index contributed by atoms with van der Waals surface area (Å²) in [5, 5.41) is 7.64. The van der Waals surface area contributed by atoms with Crippen molar-refractivity contribution < 1.29 is 19.2 Å². The molecule has 2 aromatic carbocycles. The van der Waals surface area contributed by atoms with E-state index >= 15 is 0 Å². The van der Waals surface area contributed by atoms with Crippen molar-refractivity contribution in [2.45, 2.75) is 12.8 Å². The molecular weight excluding hydrogens is 358 g/mol. The summed E-state index contributed by atoms with van der Waals surface area (Å²) < 4.78 is 0. The van der Waals surface area contributed by atoms with Gasteiger partial charge in [-0.25, -0.2) is 0 Å². The zero-order chi connectivity index (χ0) is 19.9. The molecule has 0 aliphatic carbocycles. The monoisotopic (exact) mass is 379 g/mol. The predicted octanol–water partition coefficient (Wildman–Crippen LogP) is 0.930. The SMILES string of the molecule is O=C(CCN1C(=O)C=CC1=O)NCCNC(=O)Cc1ccc2ccccc2c1. The highest BCUT2D eigenvalue weighted by Gasteiger charge is 2.23. The summed E-state index contributed by atoms with van der Waals surface area (Å²) in [6.45, 7) is 0.633. The Bertz CT molecular complexity index is 934. The summed E-state index contributed by atoms with van der Waals surface area (Å²) >= 11 is 0. The van der Waals surface area contributed by atoms with Crippen LogP contribution in [0.1, 0.15) is 12.0 Å². The summed E-state index contributed by atoms with van der Waals surface area (Å²) in [5.74, 6) is -1.21. The highest BCUT2D eigenvalue weighted by atomic mass is 16.2. The van der Waals surface area contributed by atoms with E-state index in [1.54, 1.807) is 0 Å². The van der Waals surface area contributed by atoms with Crippen molar-refractivity contribution in [2.24, 2.45) is 0 Å². The van der Waals surface area contributed by atoms with Crippen LogP contribution in [0, 0.1) is 0 Å². The van der Waals surface area contributed by atoms with E-state index in [0.29, 0.717) is 6.54 Å². The number of hydrogen-bond donors (Lipinski definition) is 2. The van der Waals surface area contributed by atoms with Gasteiger partial charge in [0.05, 0.1) is 6.42 Å². The Kier molecular flexibility index (Phi) is 6.16. The second-order valence-electron chi connectivity index (χ2n) is 6.47. The van der Waals surface area contributed by atoms with E-state index < -0.39 is 11.8 Å². The highest BCUT2D eigenvalue weighted by molar-refractivity contribution is 6.13. The Balaban J connectivity index is 1.34. The average Bonchev–Trinajstić information content (AvgIpc) is 3.01. The van der Waals surface area contributed by atoms with Crippen molar-refractivity contribution in [2.75, 3.05) is 19.6 Å². The molecule has 1 aliphatic heterocycles. The van der Waals surface area contributed by atoms with Gasteiger partial charge in [0.2, 0.25) is 11.8 Å². The lowest BCUT2D eigenvalue weighted by Gasteiger charge is -2.13. The molecule has 7 nitrogen and oxygen atoms in total. The summed E-state index contributed by atoms with van der Waals surface area (Å²) in [6.07, 6.45) is 2.67. The Morgan fingerprint density at radius 2 is 1.46 bits per heavy atom. The quantitative estimate of drug-likeness (QED) is 0.527. The third kappa shape index (κ3) is 5.03. The summed E-state index contributed by atoms with van der Waals surface area (Å²) in [4.78, 5) is 47.6. The van der Waals surface area contributed by atoms with Crippen molar-refractivity contribution >= 4 is 34.4 Å². The van der Waals surface area contributed by atoms with Gasteiger partial charge in [-0.3, -0.25) is 24.1 Å². The average molecular weight is 379 g/mol. The molecule has 3 rings (SSSR count). The van der Waals surface area contributed by atoms with Gasteiger partial charge < -0.3 is 10.6 Å². The van der Waals surface area contributed by atoms with Gasteiger partial charge in [0.25, 0.3) is 11.8 Å². The second kappa shape index (κ2) is 8.94. The van der Waals surface area contributed by atoms with Crippen molar-refractivity contribution in [3.63, 3.8) is 0 Å². The third-order valence-electron chi connectivity index (χ3n) is 4.41. The Morgan fingerprint density at radius 3 is 2.18 bits per heavy atom. The molecule has 144 valence electrons. The van der Waals surface area contributed by atoms with E-state index in [0.717, 1.165) is 21.2 Å². The predicted molar refractivity (Wildman–Crippen MR) is 104 cm³/mol. The molecule has 0 bridgehead atoms. The van der Waals surface area contributed by atoms with Gasteiger partial charge in [0.15, 0.2) is 0 Å². The molecule has 0 atom stereocenters. The first-order valence-electron chi connectivity index (χ1n) is 9.07. The van der Waals surface area contributed by atoms with E-state index in [1.807, 2.05) is 42.5 Å². The van der Waals surface area contributed by atoms with Crippen molar-refractivity contribution in [1.29, 1.82) is 0 Å². The van der Waals surface area contributed by atoms with Crippen LogP contribution in [0.15, 0.2) is 54.6 Å². The Labute approximate surface area is 162 Å². The molecule has 4 amide bonds. The maximum Gasteiger partial charge on any atom is 0.253 e. The molecule has 0 aromatic heterocycles. The van der Waals surface area contributed by atoms with Gasteiger partial charge in [0, 0.05) is 38.2 Å². The van der Waals surface area contributed by atoms with Crippen LogP contribution in [0.25, 0.3) is 10.8 Å². The van der Waals surface area contributed by atoms with Crippen molar-refractivity contribution in [1.82, 2.24) is 15.5 Å². The van der Waals surface area contributed by atoms with Crippen LogP contribution in [0.2, 0.25) is 0 Å².